The maximum absolute atomic E-state index is 16.5. The molecule has 10 aromatic carbocycles. The molecule has 0 saturated heterocycles. The molecule has 4 aliphatic rings. The number of rotatable bonds is 46. The summed E-state index contributed by atoms with van der Waals surface area (Å²) in [5, 5.41) is 0. The van der Waals surface area contributed by atoms with Crippen LogP contribution in [-0.2, 0) is 65.3 Å². The van der Waals surface area contributed by atoms with Gasteiger partial charge in [0.15, 0.2) is 0 Å². The number of esters is 2. The molecule has 0 saturated carbocycles. The van der Waals surface area contributed by atoms with Crippen molar-refractivity contribution in [1.29, 1.82) is 0 Å². The first-order valence-electron chi connectivity index (χ1n) is 46.5. The Morgan fingerprint density at radius 2 is 0.542 bits per heavy atom. The van der Waals surface area contributed by atoms with E-state index < -0.39 is 63.5 Å². The number of H-pyrrole nitrogens is 2. The lowest BCUT2D eigenvalue weighted by Crippen LogP contribution is -2.07. The van der Waals surface area contributed by atoms with Crippen LogP contribution < -0.4 is 42.6 Å². The summed E-state index contributed by atoms with van der Waals surface area (Å²) >= 11 is 0. The molecule has 23 heteroatoms. The molecule has 0 spiro atoms. The molecule has 13 aromatic rings. The number of carbonyl (C=O) groups is 2. The van der Waals surface area contributed by atoms with E-state index in [-0.39, 0.29) is 108 Å². The second-order valence-electron chi connectivity index (χ2n) is 33.7. The highest BCUT2D eigenvalue weighted by Gasteiger charge is 2.28. The van der Waals surface area contributed by atoms with Crippen molar-refractivity contribution in [3.05, 3.63) is 425 Å². The van der Waals surface area contributed by atoms with Crippen molar-refractivity contribution in [3.63, 3.8) is 0 Å². The first-order valence-corrected chi connectivity index (χ1v) is 46.5. The molecule has 8 bridgehead atoms. The van der Waals surface area contributed by atoms with E-state index in [9.17, 15) is 9.59 Å². The first-order chi connectivity index (χ1) is 69.4. The summed E-state index contributed by atoms with van der Waals surface area (Å²) in [4.78, 5) is 43.4. The predicted octanol–water partition coefficient (Wildman–Crippen LogP) is 28.5. The minimum atomic E-state index is -0.955. The predicted molar refractivity (Wildman–Crippen MR) is 540 cm³/mol. The van der Waals surface area contributed by atoms with Crippen LogP contribution >= 0.6 is 0 Å². The van der Waals surface area contributed by atoms with E-state index in [0.29, 0.717) is 128 Å². The van der Waals surface area contributed by atoms with E-state index in [2.05, 4.69) is 47.7 Å². The van der Waals surface area contributed by atoms with Gasteiger partial charge in [0.2, 0.25) is 0 Å². The number of allylic oxidation sites excluding steroid dienone is 6. The smallest absolute Gasteiger partial charge is 0.346 e. The molecule has 0 fully saturated rings. The van der Waals surface area contributed by atoms with E-state index >= 15 is 26.3 Å². The quantitative estimate of drug-likeness (QED) is 0.0120. The summed E-state index contributed by atoms with van der Waals surface area (Å²) in [5.41, 5.74) is 13.6. The third-order valence-electron chi connectivity index (χ3n) is 23.3. The van der Waals surface area contributed by atoms with Gasteiger partial charge >= 0.3 is 11.9 Å². The van der Waals surface area contributed by atoms with Crippen molar-refractivity contribution in [2.45, 2.75) is 97.6 Å². The van der Waals surface area contributed by atoms with Gasteiger partial charge in [-0.2, -0.15) is 0 Å². The Labute approximate surface area is 817 Å². The molecule has 142 heavy (non-hydrogen) atoms. The van der Waals surface area contributed by atoms with Crippen LogP contribution in [0.5, 0.6) is 51.7 Å². The minimum Gasteiger partial charge on any atom is -0.493 e. The summed E-state index contributed by atoms with van der Waals surface area (Å²) in [5.74, 6) is -1.98. The van der Waals surface area contributed by atoms with Gasteiger partial charge in [-0.1, -0.05) is 91.1 Å². The number of carbonyl (C=O) groups excluding carboxylic acids is 2. The molecule has 0 atom stereocenters. The summed E-state index contributed by atoms with van der Waals surface area (Å²) in [6, 6.07) is 59.7. The van der Waals surface area contributed by atoms with Crippen LogP contribution in [-0.4, -0.2) is 58.3 Å². The van der Waals surface area contributed by atoms with Gasteiger partial charge < -0.3 is 62.1 Å². The van der Waals surface area contributed by atoms with Crippen molar-refractivity contribution in [2.24, 2.45) is 0 Å². The zero-order chi connectivity index (χ0) is 98.2. The summed E-state index contributed by atoms with van der Waals surface area (Å²) in [6.07, 6.45) is 29.9. The van der Waals surface area contributed by atoms with Crippen molar-refractivity contribution in [2.75, 3.05) is 26.4 Å². The van der Waals surface area contributed by atoms with Crippen LogP contribution in [0.1, 0.15) is 113 Å². The minimum absolute atomic E-state index is 0.00412. The largest absolute Gasteiger partial charge is 0.493 e. The molecule has 17 rings (SSSR count). The molecule has 0 radical (unpaired) electrons. The third-order valence-corrected chi connectivity index (χ3v) is 23.3. The Morgan fingerprint density at radius 1 is 0.282 bits per heavy atom. The maximum Gasteiger partial charge on any atom is 0.346 e. The molecular weight excluding hydrogens is 1810 g/mol. The Morgan fingerprint density at radius 3 is 0.845 bits per heavy atom. The van der Waals surface area contributed by atoms with Crippen LogP contribution in [0.2, 0.25) is 0 Å². The first kappa shape index (κ1) is 96.7. The van der Waals surface area contributed by atoms with Gasteiger partial charge in [0, 0.05) is 62.5 Å². The monoisotopic (exact) mass is 1900 g/mol. The van der Waals surface area contributed by atoms with Crippen molar-refractivity contribution in [3.8, 4) is 107 Å². The molecule has 17 nitrogen and oxygen atoms in total. The van der Waals surface area contributed by atoms with Crippen molar-refractivity contribution in [1.82, 2.24) is 19.9 Å². The number of aromatic amines is 2. The van der Waals surface area contributed by atoms with E-state index in [1.165, 1.54) is 42.5 Å². The lowest BCUT2D eigenvalue weighted by molar-refractivity contribution is -0.140. The molecule has 0 unspecified atom stereocenters. The molecule has 5 heterocycles. The highest BCUT2D eigenvalue weighted by atomic mass is 19.2. The Bertz CT molecular complexity index is 7050. The third kappa shape index (κ3) is 24.4. The van der Waals surface area contributed by atoms with Crippen molar-refractivity contribution >= 4 is 58.3 Å². The highest BCUT2D eigenvalue weighted by molar-refractivity contribution is 6.01. The summed E-state index contributed by atoms with van der Waals surface area (Å²) in [7, 11) is 0. The fourth-order valence-corrected chi connectivity index (χ4v) is 16.6. The van der Waals surface area contributed by atoms with Gasteiger partial charge in [0.05, 0.1) is 65.9 Å². The van der Waals surface area contributed by atoms with Gasteiger partial charge in [0.25, 0.3) is 0 Å². The van der Waals surface area contributed by atoms with Gasteiger partial charge in [-0.15, -0.1) is 37.8 Å². The number of hydrogen-bond donors (Lipinski definition) is 2. The van der Waals surface area contributed by atoms with Gasteiger partial charge in [-0.05, 0) is 301 Å². The Hall–Kier alpha value is -17.0. The van der Waals surface area contributed by atoms with Crippen LogP contribution in [0.3, 0.4) is 0 Å². The van der Waals surface area contributed by atoms with E-state index in [4.69, 9.17) is 62.1 Å². The highest BCUT2D eigenvalue weighted by Crippen LogP contribution is 2.44. The second kappa shape index (κ2) is 46.4. The van der Waals surface area contributed by atoms with Gasteiger partial charge in [0.1, 0.15) is 144 Å². The standard InChI is InChI=1S/C119H98F6N4O13/c1-5-9-17-50-132-91-60-80(61-92(66-91)133-51-18-10-6-2)72-137-89-56-76(54-78(58-89)74-141-118(130)86-24-13-14-25-86)69-139-95-64-82(65-96(68-95)140-70-77-55-79(75-142-119(131)87-26-15-16-27-87)59-90(57-77)138-73-81-62-93(134-52-19-11-7-3)67-94(63-81)135-53-20-12-8-4)71-136-88-40-38-84(39-41-88)83-34-36-85(37-35-83)111-103-42-44-105(126-103)115(112-97(120)28-21-29-98(112)121)107-46-48-109(128-107)117(114-101(124)32-23-33-102(114)125)110-49-47-108(129-110)116(106-45-43-104(111)127-106)113-99(122)30-22-31-100(113)123/h5-8,13-16,21-24,26,28-49,54-68,126,129H,1-4,9-12,17-20,50-53,69-75H2. The number of halogens is 6. The van der Waals surface area contributed by atoms with Crippen molar-refractivity contribution < 1.29 is 88.0 Å². The number of unbranched alkanes of at least 4 members (excludes halogenated alkanes) is 4. The second-order valence-corrected chi connectivity index (χ2v) is 33.7. The fourth-order valence-electron chi connectivity index (χ4n) is 16.6. The molecule has 0 amide bonds. The Kier molecular flexibility index (Phi) is 31.6. The average Bonchev–Trinajstić information content (AvgIpc) is 1.60. The average molecular weight is 1910 g/mol. The number of benzene rings is 10. The lowest BCUT2D eigenvalue weighted by Gasteiger charge is -2.16. The molecule has 3 aromatic heterocycles. The SMILES string of the molecule is C=CCCCOc1cc(COc2cc(COC(=O)C3=C=CC=C3)cc(COc3cc(COc4ccc(-c5ccc(-c6c7nc(c(-c8c(F)cccc8F)c8ccc([nH]8)c(-c8c(F)cccc8F)c8nc(c(-c9c(F)cccc9F)c9ccc6[nH]9)C=C8)C=C7)cc5)cc4)cc(OCc4cc(COC(=O)C5=C=CC=C5)cc(OCc5cc(OCCCC=C)cc(OCCCC=C)c5)c4)c3)c2)cc(OCCCC=C)c1. The topological polar surface area (TPSA) is 193 Å². The molecule has 714 valence electrons. The molecule has 2 N–H and O–H groups in total. The molecule has 2 aliphatic heterocycles. The number of nitrogens with zero attached hydrogens (tertiary/aromatic N) is 2. The number of ether oxygens (including phenoxy) is 11. The van der Waals surface area contributed by atoms with Gasteiger partial charge in [-0.25, -0.2) is 45.9 Å². The normalized spacial score (nSPS) is 12.0. The van der Waals surface area contributed by atoms with Gasteiger partial charge in [-0.3, -0.25) is 0 Å². The van der Waals surface area contributed by atoms with E-state index in [1.54, 1.807) is 66.8 Å². The number of hydrogen-bond acceptors (Lipinski definition) is 15. The Balaban J connectivity index is 0.693. The zero-order valence-corrected chi connectivity index (χ0v) is 77.6. The maximum atomic E-state index is 16.5. The molecular formula is C119H98F6N4O13. The number of fused-ring (bicyclic) bond motifs is 8. The number of nitrogens with one attached hydrogen (secondary N) is 2. The van der Waals surface area contributed by atoms with Crippen LogP contribution in [0.15, 0.2) is 328 Å². The van der Waals surface area contributed by atoms with E-state index in [1.807, 2.05) is 158 Å². The van der Waals surface area contributed by atoms with Crippen LogP contribution in [0.25, 0.3) is 102 Å². The van der Waals surface area contributed by atoms with Crippen LogP contribution in [0.4, 0.5) is 26.3 Å². The zero-order valence-electron chi connectivity index (χ0n) is 77.6. The lowest BCUT2D eigenvalue weighted by atomic mass is 9.99. The van der Waals surface area contributed by atoms with E-state index in [0.717, 1.165) is 110 Å². The summed E-state index contributed by atoms with van der Waals surface area (Å²) in [6.45, 7) is 17.3. The fraction of sp³-hybridized carbons (Fsp3) is 0.160. The van der Waals surface area contributed by atoms with Crippen LogP contribution in [0, 0.1) is 34.9 Å². The summed E-state index contributed by atoms with van der Waals surface area (Å²) < 4.78 is 168. The molecule has 2 aliphatic carbocycles. The number of aromatic nitrogens is 4.